The standard InChI is InChI=1S/C10H21NO6S/c1-9(2)10(12)16-7-5-11(3,4)6-8-17-18(13,14)15/h9H,5-8H2,1-4H3. The van der Waals surface area contributed by atoms with Crippen LogP contribution in [-0.2, 0) is 24.1 Å². The summed E-state index contributed by atoms with van der Waals surface area (Å²) in [6, 6.07) is 0. The summed E-state index contributed by atoms with van der Waals surface area (Å²) in [5, 5.41) is 0. The molecule has 8 heteroatoms. The van der Waals surface area contributed by atoms with Crippen molar-refractivity contribution < 1.29 is 31.2 Å². The number of esters is 1. The molecule has 0 aromatic rings. The van der Waals surface area contributed by atoms with E-state index < -0.39 is 10.4 Å². The minimum absolute atomic E-state index is 0.172. The van der Waals surface area contributed by atoms with Crippen molar-refractivity contribution in [1.29, 1.82) is 0 Å². The first-order valence-corrected chi connectivity index (χ1v) is 6.96. The van der Waals surface area contributed by atoms with E-state index >= 15 is 0 Å². The molecule has 0 aromatic carbocycles. The van der Waals surface area contributed by atoms with Gasteiger partial charge in [-0.3, -0.25) is 8.98 Å². The molecule has 0 fully saturated rings. The van der Waals surface area contributed by atoms with Crippen molar-refractivity contribution in [3.63, 3.8) is 0 Å². The van der Waals surface area contributed by atoms with Crippen molar-refractivity contribution in [2.75, 3.05) is 40.4 Å². The highest BCUT2D eigenvalue weighted by Gasteiger charge is 2.17. The summed E-state index contributed by atoms with van der Waals surface area (Å²) < 4.78 is 40.2. The summed E-state index contributed by atoms with van der Waals surface area (Å²) in [6.07, 6.45) is 0. The molecule has 0 rings (SSSR count). The number of hydrogen-bond acceptors (Lipinski definition) is 6. The molecule has 0 spiro atoms. The molecule has 0 heterocycles. The van der Waals surface area contributed by atoms with E-state index in [0.717, 1.165) is 0 Å². The molecule has 0 aromatic heterocycles. The molecule has 0 N–H and O–H groups in total. The Morgan fingerprint density at radius 1 is 1.22 bits per heavy atom. The lowest BCUT2D eigenvalue weighted by Gasteiger charge is -2.29. The third-order valence-electron chi connectivity index (χ3n) is 2.34. The van der Waals surface area contributed by atoms with Gasteiger partial charge in [0.05, 0.1) is 20.0 Å². The van der Waals surface area contributed by atoms with E-state index in [9.17, 15) is 17.8 Å². The number of carbonyl (C=O) groups excluding carboxylic acids is 1. The molecule has 7 nitrogen and oxygen atoms in total. The molecule has 0 atom stereocenters. The second kappa shape index (κ2) is 7.03. The van der Waals surface area contributed by atoms with Crippen LogP contribution < -0.4 is 0 Å². The topological polar surface area (TPSA) is 92.7 Å². The first-order chi connectivity index (χ1) is 8.03. The molecule has 0 saturated carbocycles. The minimum Gasteiger partial charge on any atom is -0.726 e. The summed E-state index contributed by atoms with van der Waals surface area (Å²) in [5.41, 5.74) is 0. The van der Waals surface area contributed by atoms with Crippen LogP contribution >= 0.6 is 0 Å². The second-order valence-corrected chi connectivity index (χ2v) is 5.99. The van der Waals surface area contributed by atoms with Crippen molar-refractivity contribution in [2.45, 2.75) is 13.8 Å². The van der Waals surface area contributed by atoms with Crippen LogP contribution in [0.3, 0.4) is 0 Å². The van der Waals surface area contributed by atoms with Crippen molar-refractivity contribution in [2.24, 2.45) is 5.92 Å². The number of quaternary nitrogens is 1. The monoisotopic (exact) mass is 283 g/mol. The summed E-state index contributed by atoms with van der Waals surface area (Å²) in [6.45, 7) is 4.40. The van der Waals surface area contributed by atoms with Gasteiger partial charge < -0.3 is 13.8 Å². The van der Waals surface area contributed by atoms with Gasteiger partial charge >= 0.3 is 5.97 Å². The van der Waals surface area contributed by atoms with Crippen LogP contribution in [-0.4, -0.2) is 63.8 Å². The Kier molecular flexibility index (Phi) is 6.76. The SMILES string of the molecule is CC(C)C(=O)OCC[N+](C)(C)CCOS(=O)(=O)[O-]. The van der Waals surface area contributed by atoms with Gasteiger partial charge in [0.2, 0.25) is 10.4 Å². The molecule has 108 valence electrons. The fraction of sp³-hybridized carbons (Fsp3) is 0.900. The lowest BCUT2D eigenvalue weighted by molar-refractivity contribution is -0.890. The fourth-order valence-electron chi connectivity index (χ4n) is 1.06. The van der Waals surface area contributed by atoms with Crippen LogP contribution in [0.4, 0.5) is 0 Å². The molecule has 0 aliphatic rings. The maximum atomic E-state index is 11.2. The zero-order chi connectivity index (χ0) is 14.4. The van der Waals surface area contributed by atoms with Gasteiger partial charge in [-0.25, -0.2) is 8.42 Å². The van der Waals surface area contributed by atoms with Gasteiger partial charge in [0, 0.05) is 0 Å². The summed E-state index contributed by atoms with van der Waals surface area (Å²) >= 11 is 0. The van der Waals surface area contributed by atoms with E-state index in [4.69, 9.17) is 4.74 Å². The largest absolute Gasteiger partial charge is 0.726 e. The first kappa shape index (κ1) is 17.3. The van der Waals surface area contributed by atoms with Crippen LogP contribution in [0, 0.1) is 5.92 Å². The fourth-order valence-corrected chi connectivity index (χ4v) is 1.34. The maximum Gasteiger partial charge on any atom is 0.308 e. The molecular weight excluding hydrogens is 262 g/mol. The van der Waals surface area contributed by atoms with Gasteiger partial charge in [-0.15, -0.1) is 0 Å². The van der Waals surface area contributed by atoms with Gasteiger partial charge in [-0.2, -0.15) is 0 Å². The number of rotatable bonds is 8. The summed E-state index contributed by atoms with van der Waals surface area (Å²) in [5.74, 6) is -0.442. The van der Waals surface area contributed by atoms with E-state index in [1.165, 1.54) is 0 Å². The zero-order valence-corrected chi connectivity index (χ0v) is 12.0. The Morgan fingerprint density at radius 3 is 2.17 bits per heavy atom. The Hall–Kier alpha value is -0.700. The lowest BCUT2D eigenvalue weighted by atomic mass is 10.2. The van der Waals surface area contributed by atoms with Crippen LogP contribution in [0.2, 0.25) is 0 Å². The molecule has 0 radical (unpaired) electrons. The van der Waals surface area contributed by atoms with E-state index in [-0.39, 0.29) is 25.1 Å². The average molecular weight is 283 g/mol. The van der Waals surface area contributed by atoms with Crippen LogP contribution in [0.25, 0.3) is 0 Å². The second-order valence-electron chi connectivity index (χ2n) is 4.94. The van der Waals surface area contributed by atoms with Crippen molar-refractivity contribution >= 4 is 16.4 Å². The lowest BCUT2D eigenvalue weighted by Crippen LogP contribution is -2.45. The Labute approximate surface area is 108 Å². The maximum absolute atomic E-state index is 11.2. The molecule has 0 aliphatic carbocycles. The zero-order valence-electron chi connectivity index (χ0n) is 11.2. The van der Waals surface area contributed by atoms with Gasteiger partial charge in [0.1, 0.15) is 26.3 Å². The third-order valence-corrected chi connectivity index (χ3v) is 2.79. The van der Waals surface area contributed by atoms with Crippen molar-refractivity contribution in [3.05, 3.63) is 0 Å². The normalized spacial score (nSPS) is 12.8. The Balaban J connectivity index is 3.90. The van der Waals surface area contributed by atoms with E-state index in [1.807, 2.05) is 14.1 Å². The highest BCUT2D eigenvalue weighted by atomic mass is 32.3. The van der Waals surface area contributed by atoms with Crippen LogP contribution in [0.5, 0.6) is 0 Å². The van der Waals surface area contributed by atoms with Crippen molar-refractivity contribution in [1.82, 2.24) is 0 Å². The summed E-state index contributed by atoms with van der Waals surface area (Å²) in [7, 11) is -0.990. The Bertz CT molecular complexity index is 363. The van der Waals surface area contributed by atoms with Crippen molar-refractivity contribution in [3.8, 4) is 0 Å². The molecular formula is C10H21NO6S. The number of likely N-dealkylation sites (N-methyl/N-ethyl adjacent to an activating group) is 1. The smallest absolute Gasteiger partial charge is 0.308 e. The summed E-state index contributed by atoms with van der Waals surface area (Å²) in [4.78, 5) is 11.2. The highest BCUT2D eigenvalue weighted by Crippen LogP contribution is 2.00. The van der Waals surface area contributed by atoms with Crippen LogP contribution in [0.15, 0.2) is 0 Å². The number of hydrogen-bond donors (Lipinski definition) is 0. The minimum atomic E-state index is -4.64. The van der Waals surface area contributed by atoms with Gasteiger partial charge in [0.25, 0.3) is 0 Å². The number of nitrogens with zero attached hydrogens (tertiary/aromatic N) is 1. The quantitative estimate of drug-likeness (QED) is 0.264. The highest BCUT2D eigenvalue weighted by molar-refractivity contribution is 7.80. The Morgan fingerprint density at radius 2 is 1.72 bits per heavy atom. The van der Waals surface area contributed by atoms with Gasteiger partial charge in [0.15, 0.2) is 0 Å². The predicted octanol–water partition coefficient (Wildman–Crippen LogP) is -0.261. The van der Waals surface area contributed by atoms with Gasteiger partial charge in [-0.1, -0.05) is 13.8 Å². The molecule has 18 heavy (non-hydrogen) atoms. The molecule has 0 saturated heterocycles. The molecule has 0 bridgehead atoms. The molecule has 0 unspecified atom stereocenters. The van der Waals surface area contributed by atoms with E-state index in [2.05, 4.69) is 4.18 Å². The van der Waals surface area contributed by atoms with E-state index in [1.54, 1.807) is 13.8 Å². The molecule has 0 amide bonds. The van der Waals surface area contributed by atoms with E-state index in [0.29, 0.717) is 17.6 Å². The third kappa shape index (κ3) is 9.34. The first-order valence-electron chi connectivity index (χ1n) is 5.62. The number of ether oxygens (including phenoxy) is 1. The van der Waals surface area contributed by atoms with Gasteiger partial charge in [-0.05, 0) is 0 Å². The molecule has 0 aliphatic heterocycles. The van der Waals surface area contributed by atoms with Crippen LogP contribution in [0.1, 0.15) is 13.8 Å². The average Bonchev–Trinajstić information content (AvgIpc) is 2.14. The number of carbonyl (C=O) groups is 1. The predicted molar refractivity (Wildman–Crippen MR) is 63.3 cm³/mol.